The Kier molecular flexibility index (Phi) is 4.66. The van der Waals surface area contributed by atoms with Gasteiger partial charge in [0.2, 0.25) is 0 Å². The molecule has 1 aliphatic rings. The number of nitrogens with one attached hydrogen (secondary N) is 1. The van der Waals surface area contributed by atoms with Crippen molar-refractivity contribution in [3.63, 3.8) is 0 Å². The van der Waals surface area contributed by atoms with E-state index in [2.05, 4.69) is 23.3 Å². The van der Waals surface area contributed by atoms with Crippen molar-refractivity contribution in [3.8, 4) is 0 Å². The highest BCUT2D eigenvalue weighted by Gasteiger charge is 2.17. The van der Waals surface area contributed by atoms with Gasteiger partial charge in [-0.1, -0.05) is 18.2 Å². The van der Waals surface area contributed by atoms with Crippen LogP contribution in [0, 0.1) is 0 Å². The Balaban J connectivity index is 1.88. The lowest BCUT2D eigenvalue weighted by Crippen LogP contribution is -2.43. The fourth-order valence-electron chi connectivity index (χ4n) is 2.02. The molecule has 3 nitrogen and oxygen atoms in total. The van der Waals surface area contributed by atoms with Crippen LogP contribution >= 0.6 is 11.6 Å². The first-order valence-corrected chi connectivity index (χ1v) is 6.51. The number of hydrogen-bond acceptors (Lipinski definition) is 3. The number of alkyl halides is 1. The summed E-state index contributed by atoms with van der Waals surface area (Å²) in [6, 6.07) is 8.13. The van der Waals surface area contributed by atoms with Crippen molar-refractivity contribution >= 4 is 17.3 Å². The van der Waals surface area contributed by atoms with Crippen LogP contribution in [0.15, 0.2) is 24.3 Å². The normalized spacial score (nSPS) is 21.4. The van der Waals surface area contributed by atoms with Crippen LogP contribution in [0.5, 0.6) is 0 Å². The number of morpholine rings is 1. The largest absolute Gasteiger partial charge is 0.382 e. The molecule has 1 saturated heterocycles. The van der Waals surface area contributed by atoms with Gasteiger partial charge in [-0.05, 0) is 18.7 Å². The molecule has 1 N–H and O–H groups in total. The predicted octanol–water partition coefficient (Wildman–Crippen LogP) is 2.17. The number of ether oxygens (including phenoxy) is 1. The molecular formula is C13H19ClN2O. The number of rotatable bonds is 4. The molecule has 0 saturated carbocycles. The Morgan fingerprint density at radius 1 is 1.47 bits per heavy atom. The minimum absolute atomic E-state index is 0.261. The molecule has 4 heteroatoms. The second-order valence-corrected chi connectivity index (χ2v) is 4.69. The van der Waals surface area contributed by atoms with E-state index in [0.29, 0.717) is 5.88 Å². The number of halogens is 1. The lowest BCUT2D eigenvalue weighted by Gasteiger charge is -2.30. The van der Waals surface area contributed by atoms with Gasteiger partial charge in [0.1, 0.15) is 0 Å². The van der Waals surface area contributed by atoms with E-state index in [1.165, 1.54) is 0 Å². The van der Waals surface area contributed by atoms with Gasteiger partial charge in [0.25, 0.3) is 0 Å². The first-order valence-electron chi connectivity index (χ1n) is 5.97. The maximum absolute atomic E-state index is 5.90. The van der Waals surface area contributed by atoms with Crippen molar-refractivity contribution in [3.05, 3.63) is 29.8 Å². The van der Waals surface area contributed by atoms with Gasteiger partial charge in [0, 0.05) is 31.2 Å². The summed E-state index contributed by atoms with van der Waals surface area (Å²) in [6.07, 6.45) is 0.261. The topological polar surface area (TPSA) is 24.5 Å². The summed E-state index contributed by atoms with van der Waals surface area (Å²) < 4.78 is 5.71. The molecule has 0 radical (unpaired) electrons. The molecule has 94 valence electrons. The molecular weight excluding hydrogens is 236 g/mol. The monoisotopic (exact) mass is 254 g/mol. The number of hydrogen-bond donors (Lipinski definition) is 1. The predicted molar refractivity (Wildman–Crippen MR) is 71.7 cm³/mol. The smallest absolute Gasteiger partial charge is 0.0874 e. The van der Waals surface area contributed by atoms with E-state index in [1.54, 1.807) is 0 Å². The quantitative estimate of drug-likeness (QED) is 0.834. The van der Waals surface area contributed by atoms with E-state index in [-0.39, 0.29) is 6.10 Å². The van der Waals surface area contributed by atoms with Crippen molar-refractivity contribution in [2.24, 2.45) is 0 Å². The number of benzene rings is 1. The highest BCUT2D eigenvalue weighted by atomic mass is 35.5. The SMILES string of the molecule is CN1CCOC(CNc2ccccc2CCl)C1. The first kappa shape index (κ1) is 12.7. The second-order valence-electron chi connectivity index (χ2n) is 4.43. The van der Waals surface area contributed by atoms with Crippen LogP contribution in [0.3, 0.4) is 0 Å². The van der Waals surface area contributed by atoms with Crippen molar-refractivity contribution in [2.75, 3.05) is 38.6 Å². The zero-order valence-electron chi connectivity index (χ0n) is 10.2. The molecule has 1 aromatic carbocycles. The van der Waals surface area contributed by atoms with Crippen molar-refractivity contribution in [2.45, 2.75) is 12.0 Å². The van der Waals surface area contributed by atoms with E-state index in [1.807, 2.05) is 18.2 Å². The molecule has 1 fully saturated rings. The molecule has 1 aliphatic heterocycles. The fourth-order valence-corrected chi connectivity index (χ4v) is 2.26. The average molecular weight is 255 g/mol. The summed E-state index contributed by atoms with van der Waals surface area (Å²) in [6.45, 7) is 3.66. The van der Waals surface area contributed by atoms with E-state index in [9.17, 15) is 0 Å². The van der Waals surface area contributed by atoms with Gasteiger partial charge in [-0.15, -0.1) is 11.6 Å². The second kappa shape index (κ2) is 6.24. The van der Waals surface area contributed by atoms with Gasteiger partial charge in [0.15, 0.2) is 0 Å². The lowest BCUT2D eigenvalue weighted by atomic mass is 10.2. The summed E-state index contributed by atoms with van der Waals surface area (Å²) in [7, 11) is 2.13. The Hall–Kier alpha value is -0.770. The van der Waals surface area contributed by atoms with Gasteiger partial charge in [-0.2, -0.15) is 0 Å². The van der Waals surface area contributed by atoms with Crippen LogP contribution in [-0.2, 0) is 10.6 Å². The molecule has 0 aliphatic carbocycles. The Labute approximate surface area is 108 Å². The third-order valence-electron chi connectivity index (χ3n) is 3.02. The maximum atomic E-state index is 5.90. The summed E-state index contributed by atoms with van der Waals surface area (Å²) in [5, 5.41) is 3.42. The molecule has 0 aromatic heterocycles. The number of anilines is 1. The summed E-state index contributed by atoms with van der Waals surface area (Å²) >= 11 is 5.90. The number of nitrogens with zero attached hydrogens (tertiary/aromatic N) is 1. The molecule has 1 unspecified atom stereocenters. The minimum atomic E-state index is 0.261. The highest BCUT2D eigenvalue weighted by molar-refractivity contribution is 6.17. The number of likely N-dealkylation sites (N-methyl/N-ethyl adjacent to an activating group) is 1. The van der Waals surface area contributed by atoms with Crippen molar-refractivity contribution in [1.29, 1.82) is 0 Å². The Morgan fingerprint density at radius 3 is 3.06 bits per heavy atom. The first-order chi connectivity index (χ1) is 8.29. The van der Waals surface area contributed by atoms with Crippen LogP contribution in [0.25, 0.3) is 0 Å². The molecule has 1 atom stereocenters. The minimum Gasteiger partial charge on any atom is -0.382 e. The van der Waals surface area contributed by atoms with Gasteiger partial charge < -0.3 is 15.0 Å². The number of para-hydroxylation sites is 1. The van der Waals surface area contributed by atoms with Gasteiger partial charge >= 0.3 is 0 Å². The van der Waals surface area contributed by atoms with E-state index < -0.39 is 0 Å². The lowest BCUT2D eigenvalue weighted by molar-refractivity contribution is -0.0117. The average Bonchev–Trinajstić information content (AvgIpc) is 2.37. The molecule has 2 rings (SSSR count). The molecule has 17 heavy (non-hydrogen) atoms. The van der Waals surface area contributed by atoms with Crippen LogP contribution in [0.4, 0.5) is 5.69 Å². The molecule has 1 heterocycles. The van der Waals surface area contributed by atoms with Gasteiger partial charge in [0.05, 0.1) is 12.7 Å². The summed E-state index contributed by atoms with van der Waals surface area (Å²) in [5.74, 6) is 0.536. The van der Waals surface area contributed by atoms with Crippen LogP contribution in [0.2, 0.25) is 0 Å². The molecule has 1 aromatic rings. The van der Waals surface area contributed by atoms with Gasteiger partial charge in [-0.25, -0.2) is 0 Å². The zero-order chi connectivity index (χ0) is 12.1. The molecule has 0 bridgehead atoms. The van der Waals surface area contributed by atoms with Crippen LogP contribution < -0.4 is 5.32 Å². The Morgan fingerprint density at radius 2 is 2.29 bits per heavy atom. The van der Waals surface area contributed by atoms with E-state index in [4.69, 9.17) is 16.3 Å². The van der Waals surface area contributed by atoms with Crippen molar-refractivity contribution < 1.29 is 4.74 Å². The van der Waals surface area contributed by atoms with Crippen LogP contribution in [-0.4, -0.2) is 44.3 Å². The van der Waals surface area contributed by atoms with Gasteiger partial charge in [-0.3, -0.25) is 0 Å². The fraction of sp³-hybridized carbons (Fsp3) is 0.538. The third-order valence-corrected chi connectivity index (χ3v) is 3.31. The molecule has 0 amide bonds. The van der Waals surface area contributed by atoms with Crippen LogP contribution in [0.1, 0.15) is 5.56 Å². The standard InChI is InChI=1S/C13H19ClN2O/c1-16-6-7-17-12(10-16)9-15-13-5-3-2-4-11(13)8-14/h2-5,12,15H,6-10H2,1H3. The Bertz CT molecular complexity index is 359. The highest BCUT2D eigenvalue weighted by Crippen LogP contribution is 2.17. The van der Waals surface area contributed by atoms with Crippen molar-refractivity contribution in [1.82, 2.24) is 4.90 Å². The molecule has 0 spiro atoms. The summed E-state index contributed by atoms with van der Waals surface area (Å²) in [4.78, 5) is 2.29. The maximum Gasteiger partial charge on any atom is 0.0874 e. The summed E-state index contributed by atoms with van der Waals surface area (Å²) in [5.41, 5.74) is 2.25. The van der Waals surface area contributed by atoms with E-state index >= 15 is 0 Å². The zero-order valence-corrected chi connectivity index (χ0v) is 10.9. The van der Waals surface area contributed by atoms with E-state index in [0.717, 1.165) is 37.5 Å². The third kappa shape index (κ3) is 3.60.